The zero-order valence-electron chi connectivity index (χ0n) is 20.4. The Balaban J connectivity index is 1.57. The van der Waals surface area contributed by atoms with Gasteiger partial charge < -0.3 is 19.9 Å². The van der Waals surface area contributed by atoms with Gasteiger partial charge in [0.15, 0.2) is 0 Å². The highest BCUT2D eigenvalue weighted by Crippen LogP contribution is 2.39. The third-order valence-corrected chi connectivity index (χ3v) is 7.16. The molecule has 4 rings (SSSR count). The molecule has 1 aromatic carbocycles. The molecule has 0 radical (unpaired) electrons. The van der Waals surface area contributed by atoms with Crippen molar-refractivity contribution in [2.45, 2.75) is 45.8 Å². The van der Waals surface area contributed by atoms with Crippen LogP contribution >= 0.6 is 23.2 Å². The number of urea groups is 1. The van der Waals surface area contributed by atoms with Gasteiger partial charge >= 0.3 is 6.03 Å². The molecule has 3 heterocycles. The largest absolute Gasteiger partial charge is 0.376 e. The number of hydrogen-bond acceptors (Lipinski definition) is 4. The van der Waals surface area contributed by atoms with E-state index in [9.17, 15) is 14.4 Å². The first-order valence-corrected chi connectivity index (χ1v) is 12.9. The molecule has 0 aliphatic carbocycles. The molecule has 0 spiro atoms. The smallest absolute Gasteiger partial charge is 0.322 e. The van der Waals surface area contributed by atoms with Crippen LogP contribution in [0.3, 0.4) is 0 Å². The van der Waals surface area contributed by atoms with Crippen molar-refractivity contribution in [2.75, 3.05) is 39.3 Å². The maximum atomic E-state index is 13.6. The monoisotopic (exact) mass is 522 g/mol. The van der Waals surface area contributed by atoms with Gasteiger partial charge in [0.25, 0.3) is 5.91 Å². The summed E-state index contributed by atoms with van der Waals surface area (Å²) in [4.78, 5) is 44.7. The summed E-state index contributed by atoms with van der Waals surface area (Å²) in [5.74, 6) is -0.106. The number of rotatable bonds is 8. The van der Waals surface area contributed by atoms with Crippen molar-refractivity contribution in [1.29, 1.82) is 0 Å². The van der Waals surface area contributed by atoms with Crippen molar-refractivity contribution in [1.82, 2.24) is 20.0 Å². The normalized spacial score (nSPS) is 22.2. The Morgan fingerprint density at radius 2 is 2.06 bits per heavy atom. The molecule has 0 unspecified atom stereocenters. The summed E-state index contributed by atoms with van der Waals surface area (Å²) >= 11 is 12.5. The standard InChI is InChI=1S/C25H32Cl2N4O4/c1-4-31-20-13-30(14-21(32)29(11-15(2)3)12-17-6-5-9-35-17)24(33)22(20)23(28-25(31)34)18-8-7-16(26)10-19(18)27/h7-8,10,15,17,23H,4-6,9,11-14H2,1-3H3,(H,28,34)/t17-,23+/m1/s1. The number of likely N-dealkylation sites (N-methyl/N-ethyl adjacent to an activating group) is 1. The van der Waals surface area contributed by atoms with Crippen LogP contribution in [0.5, 0.6) is 0 Å². The summed E-state index contributed by atoms with van der Waals surface area (Å²) in [6, 6.07) is 3.97. The number of hydrogen-bond donors (Lipinski definition) is 1. The van der Waals surface area contributed by atoms with Crippen LogP contribution in [-0.2, 0) is 14.3 Å². The van der Waals surface area contributed by atoms with E-state index in [0.29, 0.717) is 46.5 Å². The van der Waals surface area contributed by atoms with Gasteiger partial charge in [-0.05, 0) is 43.4 Å². The summed E-state index contributed by atoms with van der Waals surface area (Å²) in [6.45, 7) is 8.36. The zero-order chi connectivity index (χ0) is 25.3. The Bertz CT molecular complexity index is 1040. The number of carbonyl (C=O) groups excluding carboxylic acids is 3. The van der Waals surface area contributed by atoms with Gasteiger partial charge in [-0.3, -0.25) is 14.5 Å². The fourth-order valence-corrected chi connectivity index (χ4v) is 5.51. The first-order chi connectivity index (χ1) is 16.7. The van der Waals surface area contributed by atoms with Gasteiger partial charge in [0.1, 0.15) is 6.54 Å². The second-order valence-corrected chi connectivity index (χ2v) is 10.5. The van der Waals surface area contributed by atoms with E-state index >= 15 is 0 Å². The fraction of sp³-hybridized carbons (Fsp3) is 0.560. The molecule has 1 fully saturated rings. The topological polar surface area (TPSA) is 82.2 Å². The van der Waals surface area contributed by atoms with Crippen LogP contribution in [0.4, 0.5) is 4.79 Å². The molecule has 1 saturated heterocycles. The number of benzene rings is 1. The van der Waals surface area contributed by atoms with Crippen LogP contribution in [0.15, 0.2) is 29.5 Å². The fourth-order valence-electron chi connectivity index (χ4n) is 5.00. The van der Waals surface area contributed by atoms with E-state index in [4.69, 9.17) is 27.9 Å². The molecule has 8 nitrogen and oxygen atoms in total. The van der Waals surface area contributed by atoms with Gasteiger partial charge in [-0.15, -0.1) is 0 Å². The lowest BCUT2D eigenvalue weighted by Crippen LogP contribution is -2.47. The Hall–Kier alpha value is -2.29. The number of nitrogens with zero attached hydrogens (tertiary/aromatic N) is 3. The highest BCUT2D eigenvalue weighted by molar-refractivity contribution is 6.35. The molecule has 1 aromatic rings. The molecule has 190 valence electrons. The molecule has 3 aliphatic heterocycles. The number of amides is 4. The highest BCUT2D eigenvalue weighted by Gasteiger charge is 2.44. The Labute approximate surface area is 216 Å². The van der Waals surface area contributed by atoms with Crippen molar-refractivity contribution >= 4 is 41.0 Å². The maximum absolute atomic E-state index is 13.6. The average Bonchev–Trinajstić information content (AvgIpc) is 3.41. The van der Waals surface area contributed by atoms with E-state index in [1.807, 2.05) is 6.92 Å². The number of halogens is 2. The molecule has 1 N–H and O–H groups in total. The molecule has 0 aromatic heterocycles. The van der Waals surface area contributed by atoms with Crippen molar-refractivity contribution in [2.24, 2.45) is 5.92 Å². The van der Waals surface area contributed by atoms with E-state index in [2.05, 4.69) is 19.2 Å². The van der Waals surface area contributed by atoms with Gasteiger partial charge in [0, 0.05) is 36.3 Å². The summed E-state index contributed by atoms with van der Waals surface area (Å²) in [7, 11) is 0. The molecule has 4 amide bonds. The van der Waals surface area contributed by atoms with Gasteiger partial charge in [0.2, 0.25) is 5.91 Å². The molecule has 10 heteroatoms. The molecule has 35 heavy (non-hydrogen) atoms. The summed E-state index contributed by atoms with van der Waals surface area (Å²) in [6.07, 6.45) is 1.97. The molecule has 0 bridgehead atoms. The summed E-state index contributed by atoms with van der Waals surface area (Å²) in [5, 5.41) is 3.74. The lowest BCUT2D eigenvalue weighted by Gasteiger charge is -2.33. The predicted molar refractivity (Wildman–Crippen MR) is 134 cm³/mol. The Morgan fingerprint density at radius 3 is 2.69 bits per heavy atom. The van der Waals surface area contributed by atoms with E-state index < -0.39 is 6.04 Å². The quantitative estimate of drug-likeness (QED) is 0.562. The van der Waals surface area contributed by atoms with Gasteiger partial charge in [-0.1, -0.05) is 43.1 Å². The van der Waals surface area contributed by atoms with Crippen LogP contribution in [0.1, 0.15) is 45.2 Å². The first kappa shape index (κ1) is 25.8. The molecule has 3 aliphatic rings. The van der Waals surface area contributed by atoms with E-state index in [-0.39, 0.29) is 43.0 Å². The first-order valence-electron chi connectivity index (χ1n) is 12.1. The zero-order valence-corrected chi connectivity index (χ0v) is 21.9. The van der Waals surface area contributed by atoms with Gasteiger partial charge in [-0.25, -0.2) is 4.79 Å². The van der Waals surface area contributed by atoms with Crippen molar-refractivity contribution < 1.29 is 19.1 Å². The SMILES string of the molecule is CCN1C(=O)N[C@@H](c2ccc(Cl)cc2Cl)C2=C1CN(CC(=O)N(CC(C)C)C[C@H]1CCCO1)C2=O. The number of nitrogens with one attached hydrogen (secondary N) is 1. The molecular formula is C25H32Cl2N4O4. The Kier molecular flexibility index (Phi) is 7.93. The van der Waals surface area contributed by atoms with Gasteiger partial charge in [-0.2, -0.15) is 0 Å². The van der Waals surface area contributed by atoms with E-state index in [1.54, 1.807) is 28.0 Å². The molecule has 0 saturated carbocycles. The number of carbonyl (C=O) groups is 3. The predicted octanol–water partition coefficient (Wildman–Crippen LogP) is 3.84. The maximum Gasteiger partial charge on any atom is 0.322 e. The van der Waals surface area contributed by atoms with Crippen LogP contribution in [0, 0.1) is 5.92 Å². The third-order valence-electron chi connectivity index (χ3n) is 6.60. The Morgan fingerprint density at radius 1 is 1.29 bits per heavy atom. The van der Waals surface area contributed by atoms with Crippen molar-refractivity contribution in [3.05, 3.63) is 45.1 Å². The average molecular weight is 523 g/mol. The minimum atomic E-state index is -0.712. The second-order valence-electron chi connectivity index (χ2n) is 9.64. The van der Waals surface area contributed by atoms with E-state index in [1.165, 1.54) is 4.90 Å². The highest BCUT2D eigenvalue weighted by atomic mass is 35.5. The molecular weight excluding hydrogens is 491 g/mol. The lowest BCUT2D eigenvalue weighted by molar-refractivity contribution is -0.139. The van der Waals surface area contributed by atoms with Gasteiger partial charge in [0.05, 0.1) is 30.0 Å². The van der Waals surface area contributed by atoms with Crippen LogP contribution < -0.4 is 5.32 Å². The summed E-state index contributed by atoms with van der Waals surface area (Å²) < 4.78 is 5.75. The second kappa shape index (κ2) is 10.8. The number of ether oxygens (including phenoxy) is 1. The van der Waals surface area contributed by atoms with Crippen LogP contribution in [0.25, 0.3) is 0 Å². The van der Waals surface area contributed by atoms with Crippen molar-refractivity contribution in [3.8, 4) is 0 Å². The minimum Gasteiger partial charge on any atom is -0.376 e. The summed E-state index contributed by atoms with van der Waals surface area (Å²) in [5.41, 5.74) is 1.65. The van der Waals surface area contributed by atoms with Crippen LogP contribution in [0.2, 0.25) is 10.0 Å². The van der Waals surface area contributed by atoms with Crippen LogP contribution in [-0.4, -0.2) is 78.0 Å². The molecule has 2 atom stereocenters. The minimum absolute atomic E-state index is 0.0344. The van der Waals surface area contributed by atoms with Crippen molar-refractivity contribution in [3.63, 3.8) is 0 Å². The van der Waals surface area contributed by atoms with E-state index in [0.717, 1.165) is 19.4 Å². The lowest BCUT2D eigenvalue weighted by atomic mass is 9.95. The third kappa shape index (κ3) is 5.44.